The van der Waals surface area contributed by atoms with Gasteiger partial charge in [0.05, 0.1) is 19.9 Å². The summed E-state index contributed by atoms with van der Waals surface area (Å²) in [5.41, 5.74) is 2.81. The minimum Gasteiger partial charge on any atom is -0.497 e. The van der Waals surface area contributed by atoms with Gasteiger partial charge in [0.1, 0.15) is 11.6 Å². The number of nitrogens with one attached hydrogen (secondary N) is 1. The van der Waals surface area contributed by atoms with Crippen molar-refractivity contribution in [3.8, 4) is 17.4 Å². The van der Waals surface area contributed by atoms with Crippen LogP contribution in [0.5, 0.6) is 11.6 Å². The fraction of sp³-hybridized carbons (Fsp3) is 0.263. The second-order valence-electron chi connectivity index (χ2n) is 6.27. The Hall–Kier alpha value is -3.42. The topological polar surface area (TPSA) is 91.2 Å². The van der Waals surface area contributed by atoms with E-state index in [0.717, 1.165) is 22.6 Å². The standard InChI is InChI=1S/C19H19N5O3/c1-11-18-14(12-5-4-6-13(9-12)26-2)10-16(25)20-19(18)24(23-11)15-7-8-17(27-3)22-21-15/h4-9,14H,10H2,1-3H3,(H,20,25)/t14-/m1/s1. The van der Waals surface area contributed by atoms with Gasteiger partial charge in [-0.25, -0.2) is 0 Å². The Morgan fingerprint density at radius 2 is 2.00 bits per heavy atom. The second kappa shape index (κ2) is 6.71. The van der Waals surface area contributed by atoms with Gasteiger partial charge in [-0.1, -0.05) is 12.1 Å². The molecule has 2 aromatic heterocycles. The lowest BCUT2D eigenvalue weighted by molar-refractivity contribution is -0.116. The van der Waals surface area contributed by atoms with Crippen molar-refractivity contribution < 1.29 is 14.3 Å². The summed E-state index contributed by atoms with van der Waals surface area (Å²) in [6, 6.07) is 11.2. The Labute approximate surface area is 156 Å². The molecule has 3 heterocycles. The molecule has 0 spiro atoms. The summed E-state index contributed by atoms with van der Waals surface area (Å²) in [5.74, 6) is 2.12. The maximum atomic E-state index is 12.4. The molecule has 0 saturated heterocycles. The predicted octanol–water partition coefficient (Wildman–Crippen LogP) is 2.46. The fourth-order valence-electron chi connectivity index (χ4n) is 3.39. The molecule has 0 fully saturated rings. The molecule has 138 valence electrons. The first kappa shape index (κ1) is 17.0. The van der Waals surface area contributed by atoms with Crippen LogP contribution in [0, 0.1) is 6.92 Å². The molecule has 0 radical (unpaired) electrons. The monoisotopic (exact) mass is 365 g/mol. The summed E-state index contributed by atoms with van der Waals surface area (Å²) < 4.78 is 12.0. The summed E-state index contributed by atoms with van der Waals surface area (Å²) >= 11 is 0. The number of hydrogen-bond donors (Lipinski definition) is 1. The van der Waals surface area contributed by atoms with E-state index < -0.39 is 0 Å². The third-order valence-corrected chi connectivity index (χ3v) is 4.65. The van der Waals surface area contributed by atoms with Crippen molar-refractivity contribution in [1.29, 1.82) is 0 Å². The van der Waals surface area contributed by atoms with E-state index in [2.05, 4.69) is 20.6 Å². The summed E-state index contributed by atoms with van der Waals surface area (Å²) in [4.78, 5) is 12.4. The summed E-state index contributed by atoms with van der Waals surface area (Å²) in [7, 11) is 3.16. The molecule has 1 amide bonds. The van der Waals surface area contributed by atoms with Crippen molar-refractivity contribution in [3.05, 3.63) is 53.2 Å². The van der Waals surface area contributed by atoms with E-state index in [1.807, 2.05) is 31.2 Å². The molecule has 0 bridgehead atoms. The van der Waals surface area contributed by atoms with Crippen LogP contribution in [0.3, 0.4) is 0 Å². The van der Waals surface area contributed by atoms with Crippen LogP contribution in [0.25, 0.3) is 5.82 Å². The van der Waals surface area contributed by atoms with Gasteiger partial charge in [-0.3, -0.25) is 4.79 Å². The maximum absolute atomic E-state index is 12.4. The number of fused-ring (bicyclic) bond motifs is 1. The quantitative estimate of drug-likeness (QED) is 0.764. The number of carbonyl (C=O) groups excluding carboxylic acids is 1. The first-order valence-electron chi connectivity index (χ1n) is 8.52. The maximum Gasteiger partial charge on any atom is 0.233 e. The smallest absolute Gasteiger partial charge is 0.233 e. The number of aromatic nitrogens is 4. The number of rotatable bonds is 4. The Balaban J connectivity index is 1.82. The number of hydrogen-bond acceptors (Lipinski definition) is 6. The van der Waals surface area contributed by atoms with Crippen LogP contribution in [-0.2, 0) is 4.79 Å². The average molecular weight is 365 g/mol. The number of methoxy groups -OCH3 is 2. The van der Waals surface area contributed by atoms with Crippen LogP contribution < -0.4 is 14.8 Å². The second-order valence-corrected chi connectivity index (χ2v) is 6.27. The third kappa shape index (κ3) is 2.99. The zero-order chi connectivity index (χ0) is 19.0. The van der Waals surface area contributed by atoms with E-state index in [1.54, 1.807) is 23.9 Å². The molecule has 3 aromatic rings. The molecule has 0 unspecified atom stereocenters. The number of amides is 1. The van der Waals surface area contributed by atoms with Crippen molar-refractivity contribution in [2.24, 2.45) is 0 Å². The predicted molar refractivity (Wildman–Crippen MR) is 98.5 cm³/mol. The van der Waals surface area contributed by atoms with Gasteiger partial charge in [-0.05, 0) is 30.7 Å². The van der Waals surface area contributed by atoms with Crippen LogP contribution in [-0.4, -0.2) is 40.1 Å². The van der Waals surface area contributed by atoms with Crippen molar-refractivity contribution in [2.75, 3.05) is 19.5 Å². The van der Waals surface area contributed by atoms with Gasteiger partial charge in [-0.2, -0.15) is 9.78 Å². The van der Waals surface area contributed by atoms with E-state index in [1.165, 1.54) is 7.11 Å². The summed E-state index contributed by atoms with van der Waals surface area (Å²) in [5, 5.41) is 15.7. The zero-order valence-corrected chi connectivity index (χ0v) is 15.3. The van der Waals surface area contributed by atoms with Gasteiger partial charge in [0.25, 0.3) is 0 Å². The highest BCUT2D eigenvalue weighted by Crippen LogP contribution is 2.40. The van der Waals surface area contributed by atoms with E-state index >= 15 is 0 Å². The van der Waals surface area contributed by atoms with Crippen LogP contribution >= 0.6 is 0 Å². The van der Waals surface area contributed by atoms with Gasteiger partial charge in [-0.15, -0.1) is 10.2 Å². The van der Waals surface area contributed by atoms with Gasteiger partial charge in [0, 0.05) is 24.0 Å². The number of benzene rings is 1. The first-order valence-corrected chi connectivity index (χ1v) is 8.52. The lowest BCUT2D eigenvalue weighted by Gasteiger charge is -2.24. The highest BCUT2D eigenvalue weighted by Gasteiger charge is 2.33. The van der Waals surface area contributed by atoms with E-state index in [9.17, 15) is 4.79 Å². The zero-order valence-electron chi connectivity index (χ0n) is 15.3. The lowest BCUT2D eigenvalue weighted by atomic mass is 9.86. The molecule has 1 N–H and O–H groups in total. The van der Waals surface area contributed by atoms with Crippen molar-refractivity contribution >= 4 is 11.7 Å². The minimum atomic E-state index is -0.108. The van der Waals surface area contributed by atoms with Gasteiger partial charge in [0.2, 0.25) is 11.8 Å². The Morgan fingerprint density at radius 3 is 2.70 bits per heavy atom. The highest BCUT2D eigenvalue weighted by molar-refractivity contribution is 5.95. The number of ether oxygens (including phenoxy) is 2. The summed E-state index contributed by atoms with van der Waals surface area (Å²) in [6.45, 7) is 1.93. The van der Waals surface area contributed by atoms with Crippen LogP contribution in [0.15, 0.2) is 36.4 Å². The molecule has 1 aromatic carbocycles. The average Bonchev–Trinajstić information content (AvgIpc) is 3.03. The van der Waals surface area contributed by atoms with Gasteiger partial charge in [0.15, 0.2) is 5.82 Å². The molecular weight excluding hydrogens is 346 g/mol. The van der Waals surface area contributed by atoms with Gasteiger partial charge >= 0.3 is 0 Å². The number of carbonyl (C=O) groups is 1. The molecule has 4 rings (SSSR count). The van der Waals surface area contributed by atoms with E-state index in [0.29, 0.717) is 23.9 Å². The Kier molecular flexibility index (Phi) is 4.23. The fourth-order valence-corrected chi connectivity index (χ4v) is 3.39. The molecule has 0 aliphatic carbocycles. The molecule has 8 nitrogen and oxygen atoms in total. The minimum absolute atomic E-state index is 0.0714. The summed E-state index contributed by atoms with van der Waals surface area (Å²) in [6.07, 6.45) is 0.348. The largest absolute Gasteiger partial charge is 0.497 e. The van der Waals surface area contributed by atoms with Crippen LogP contribution in [0.1, 0.15) is 29.2 Å². The number of anilines is 1. The lowest BCUT2D eigenvalue weighted by Crippen LogP contribution is -2.25. The van der Waals surface area contributed by atoms with Crippen molar-refractivity contribution in [2.45, 2.75) is 19.3 Å². The van der Waals surface area contributed by atoms with E-state index in [-0.39, 0.29) is 11.8 Å². The Bertz CT molecular complexity index is 997. The molecule has 8 heteroatoms. The third-order valence-electron chi connectivity index (χ3n) is 4.65. The molecule has 27 heavy (non-hydrogen) atoms. The van der Waals surface area contributed by atoms with Crippen molar-refractivity contribution in [1.82, 2.24) is 20.0 Å². The highest BCUT2D eigenvalue weighted by atomic mass is 16.5. The molecule has 0 saturated carbocycles. The molecule has 1 aliphatic heterocycles. The van der Waals surface area contributed by atoms with Gasteiger partial charge < -0.3 is 14.8 Å². The SMILES string of the molecule is COc1cccc([C@H]2CC(=O)Nc3c2c(C)nn3-c2ccc(OC)nn2)c1. The Morgan fingerprint density at radius 1 is 1.15 bits per heavy atom. The van der Waals surface area contributed by atoms with E-state index in [4.69, 9.17) is 9.47 Å². The first-order chi connectivity index (χ1) is 13.1. The van der Waals surface area contributed by atoms with Crippen LogP contribution in [0.4, 0.5) is 5.82 Å². The molecular formula is C19H19N5O3. The molecule has 1 aliphatic rings. The van der Waals surface area contributed by atoms with Crippen LogP contribution in [0.2, 0.25) is 0 Å². The normalized spacial score (nSPS) is 15.8. The number of nitrogens with zero attached hydrogens (tertiary/aromatic N) is 4. The molecule has 1 atom stereocenters. The van der Waals surface area contributed by atoms with Crippen molar-refractivity contribution in [3.63, 3.8) is 0 Å². The number of aryl methyl sites for hydroxylation is 1.